The highest BCUT2D eigenvalue weighted by Gasteiger charge is 2.33. The number of halogens is 2. The van der Waals surface area contributed by atoms with E-state index < -0.39 is 0 Å². The van der Waals surface area contributed by atoms with Crippen molar-refractivity contribution in [3.05, 3.63) is 33.8 Å². The van der Waals surface area contributed by atoms with Gasteiger partial charge in [0.2, 0.25) is 0 Å². The molecule has 1 nitrogen and oxygen atoms in total. The number of benzene rings is 1. The van der Waals surface area contributed by atoms with Crippen LogP contribution in [0.25, 0.3) is 0 Å². The van der Waals surface area contributed by atoms with Crippen LogP contribution in [0.1, 0.15) is 38.7 Å². The van der Waals surface area contributed by atoms with Crippen molar-refractivity contribution in [2.24, 2.45) is 5.41 Å². The molecule has 0 spiro atoms. The van der Waals surface area contributed by atoms with Crippen LogP contribution in [0.3, 0.4) is 0 Å². The van der Waals surface area contributed by atoms with Gasteiger partial charge in [-0.3, -0.25) is 0 Å². The lowest BCUT2D eigenvalue weighted by atomic mass is 9.87. The summed E-state index contributed by atoms with van der Waals surface area (Å²) in [6, 6.07) is 6.29. The summed E-state index contributed by atoms with van der Waals surface area (Å²) < 4.78 is 0. The van der Waals surface area contributed by atoms with Crippen LogP contribution in [0.15, 0.2) is 18.2 Å². The fourth-order valence-electron chi connectivity index (χ4n) is 2.60. The molecule has 1 aliphatic rings. The van der Waals surface area contributed by atoms with Gasteiger partial charge in [0.1, 0.15) is 0 Å². The SMILES string of the molecule is CC1(C)CCCC1NCc1ccc(Cl)cc1Cl. The second-order valence-electron chi connectivity index (χ2n) is 5.55. The second-order valence-corrected chi connectivity index (χ2v) is 6.39. The third-order valence-corrected chi connectivity index (χ3v) is 4.40. The highest BCUT2D eigenvalue weighted by Crippen LogP contribution is 2.37. The van der Waals surface area contributed by atoms with Crippen molar-refractivity contribution < 1.29 is 0 Å². The molecule has 1 aromatic carbocycles. The topological polar surface area (TPSA) is 12.0 Å². The van der Waals surface area contributed by atoms with Crippen LogP contribution >= 0.6 is 23.2 Å². The Bertz CT molecular complexity index is 401. The maximum Gasteiger partial charge on any atom is 0.0465 e. The Morgan fingerprint density at radius 1 is 1.35 bits per heavy atom. The number of nitrogens with one attached hydrogen (secondary N) is 1. The van der Waals surface area contributed by atoms with E-state index in [1.807, 2.05) is 12.1 Å². The third kappa shape index (κ3) is 3.15. The Balaban J connectivity index is 1.98. The van der Waals surface area contributed by atoms with Crippen molar-refractivity contribution in [2.45, 2.75) is 45.7 Å². The minimum absolute atomic E-state index is 0.402. The van der Waals surface area contributed by atoms with Crippen molar-refractivity contribution in [3.8, 4) is 0 Å². The van der Waals surface area contributed by atoms with Gasteiger partial charge in [-0.05, 0) is 36.0 Å². The molecular formula is C14H19Cl2N. The minimum atomic E-state index is 0.402. The number of hydrogen-bond donors (Lipinski definition) is 1. The van der Waals surface area contributed by atoms with Crippen LogP contribution < -0.4 is 5.32 Å². The van der Waals surface area contributed by atoms with Gasteiger partial charge in [-0.2, -0.15) is 0 Å². The van der Waals surface area contributed by atoms with Crippen molar-refractivity contribution in [2.75, 3.05) is 0 Å². The van der Waals surface area contributed by atoms with Crippen LogP contribution in [0.4, 0.5) is 0 Å². The van der Waals surface area contributed by atoms with E-state index in [9.17, 15) is 0 Å². The molecule has 1 fully saturated rings. The molecule has 1 aliphatic carbocycles. The van der Waals surface area contributed by atoms with E-state index in [-0.39, 0.29) is 0 Å². The summed E-state index contributed by atoms with van der Waals surface area (Å²) in [5.74, 6) is 0. The summed E-state index contributed by atoms with van der Waals surface area (Å²) in [5, 5.41) is 5.07. The van der Waals surface area contributed by atoms with Gasteiger partial charge in [-0.15, -0.1) is 0 Å². The molecule has 2 rings (SSSR count). The van der Waals surface area contributed by atoms with Crippen LogP contribution in [-0.4, -0.2) is 6.04 Å². The lowest BCUT2D eigenvalue weighted by Gasteiger charge is -2.28. The second kappa shape index (κ2) is 5.17. The molecule has 0 amide bonds. The zero-order valence-corrected chi connectivity index (χ0v) is 11.9. The maximum atomic E-state index is 6.16. The van der Waals surface area contributed by atoms with Gasteiger partial charge >= 0.3 is 0 Å². The number of hydrogen-bond acceptors (Lipinski definition) is 1. The summed E-state index contributed by atoms with van der Waals surface area (Å²) in [6.07, 6.45) is 3.89. The van der Waals surface area contributed by atoms with Crippen molar-refractivity contribution >= 4 is 23.2 Å². The first-order valence-corrected chi connectivity index (χ1v) is 6.92. The predicted octanol–water partition coefficient (Wildman–Crippen LogP) is 4.66. The monoisotopic (exact) mass is 271 g/mol. The molecule has 0 aromatic heterocycles. The highest BCUT2D eigenvalue weighted by molar-refractivity contribution is 6.35. The van der Waals surface area contributed by atoms with E-state index in [1.54, 1.807) is 6.07 Å². The third-order valence-electron chi connectivity index (χ3n) is 3.81. The summed E-state index contributed by atoms with van der Waals surface area (Å²) in [4.78, 5) is 0. The fourth-order valence-corrected chi connectivity index (χ4v) is 3.08. The van der Waals surface area contributed by atoms with Crippen LogP contribution in [0, 0.1) is 5.41 Å². The van der Waals surface area contributed by atoms with Gasteiger partial charge in [0, 0.05) is 22.6 Å². The molecule has 3 heteroatoms. The van der Waals surface area contributed by atoms with Crippen molar-refractivity contribution in [3.63, 3.8) is 0 Å². The van der Waals surface area contributed by atoms with Gasteiger partial charge in [-0.25, -0.2) is 0 Å². The standard InChI is InChI=1S/C14H19Cl2N/c1-14(2)7-3-4-13(14)17-9-10-5-6-11(15)8-12(10)16/h5-6,8,13,17H,3-4,7,9H2,1-2H3. The van der Waals surface area contributed by atoms with Gasteiger partial charge in [-0.1, -0.05) is 49.5 Å². The molecule has 17 heavy (non-hydrogen) atoms. The summed E-state index contributed by atoms with van der Waals surface area (Å²) in [7, 11) is 0. The zero-order chi connectivity index (χ0) is 12.5. The van der Waals surface area contributed by atoms with Crippen LogP contribution in [0.5, 0.6) is 0 Å². The van der Waals surface area contributed by atoms with E-state index in [0.717, 1.165) is 17.1 Å². The Hall–Kier alpha value is -0.240. The molecule has 1 aromatic rings. The first-order chi connectivity index (χ1) is 7.99. The van der Waals surface area contributed by atoms with E-state index >= 15 is 0 Å². The van der Waals surface area contributed by atoms with E-state index in [4.69, 9.17) is 23.2 Å². The van der Waals surface area contributed by atoms with Gasteiger partial charge in [0.25, 0.3) is 0 Å². The first-order valence-electron chi connectivity index (χ1n) is 6.16. The molecular weight excluding hydrogens is 253 g/mol. The highest BCUT2D eigenvalue weighted by atomic mass is 35.5. The molecule has 94 valence electrons. The average Bonchev–Trinajstić information content (AvgIpc) is 2.57. The smallest absolute Gasteiger partial charge is 0.0465 e. The van der Waals surface area contributed by atoms with Crippen LogP contribution in [-0.2, 0) is 6.54 Å². The predicted molar refractivity (Wildman–Crippen MR) is 74.7 cm³/mol. The normalized spacial score (nSPS) is 22.9. The molecule has 1 N–H and O–H groups in total. The molecule has 0 aliphatic heterocycles. The summed E-state index contributed by atoms with van der Waals surface area (Å²) in [6.45, 7) is 5.49. The van der Waals surface area contributed by atoms with Crippen molar-refractivity contribution in [1.29, 1.82) is 0 Å². The Morgan fingerprint density at radius 2 is 2.12 bits per heavy atom. The lowest BCUT2D eigenvalue weighted by molar-refractivity contribution is 0.282. The Kier molecular flexibility index (Phi) is 4.02. The Labute approximate surface area is 114 Å². The molecule has 1 unspecified atom stereocenters. The van der Waals surface area contributed by atoms with Crippen molar-refractivity contribution in [1.82, 2.24) is 5.32 Å². The maximum absolute atomic E-state index is 6.16. The molecule has 0 saturated heterocycles. The first kappa shape index (κ1) is 13.2. The fraction of sp³-hybridized carbons (Fsp3) is 0.571. The Morgan fingerprint density at radius 3 is 2.71 bits per heavy atom. The zero-order valence-electron chi connectivity index (χ0n) is 10.4. The van der Waals surface area contributed by atoms with Gasteiger partial charge < -0.3 is 5.32 Å². The molecule has 1 atom stereocenters. The number of rotatable bonds is 3. The van der Waals surface area contributed by atoms with E-state index in [0.29, 0.717) is 16.5 Å². The summed E-state index contributed by atoms with van der Waals surface area (Å²) >= 11 is 12.0. The van der Waals surface area contributed by atoms with Gasteiger partial charge in [0.05, 0.1) is 0 Å². The largest absolute Gasteiger partial charge is 0.309 e. The molecule has 1 saturated carbocycles. The lowest BCUT2D eigenvalue weighted by Crippen LogP contribution is -2.37. The van der Waals surface area contributed by atoms with Crippen LogP contribution in [0.2, 0.25) is 10.0 Å². The molecule has 0 radical (unpaired) electrons. The van der Waals surface area contributed by atoms with E-state index in [1.165, 1.54) is 19.3 Å². The quantitative estimate of drug-likeness (QED) is 0.843. The minimum Gasteiger partial charge on any atom is -0.309 e. The summed E-state index contributed by atoms with van der Waals surface area (Å²) in [5.41, 5.74) is 1.53. The van der Waals surface area contributed by atoms with Gasteiger partial charge in [0.15, 0.2) is 0 Å². The molecule has 0 heterocycles. The van der Waals surface area contributed by atoms with E-state index in [2.05, 4.69) is 19.2 Å². The molecule has 0 bridgehead atoms. The average molecular weight is 272 g/mol.